The van der Waals surface area contributed by atoms with Gasteiger partial charge in [0.05, 0.1) is 17.4 Å². The molecule has 0 saturated carbocycles. The number of hydrogen-bond donors (Lipinski definition) is 6. The highest BCUT2D eigenvalue weighted by molar-refractivity contribution is 6.01. The molecule has 0 bridgehead atoms. The second-order valence-electron chi connectivity index (χ2n) is 7.57. The van der Waals surface area contributed by atoms with E-state index in [4.69, 9.17) is 17.2 Å². The summed E-state index contributed by atoms with van der Waals surface area (Å²) in [5, 5.41) is 14.5. The minimum Gasteiger partial charge on any atom is -0.480 e. The number of benzene rings is 2. The van der Waals surface area contributed by atoms with Crippen LogP contribution in [0.25, 0.3) is 0 Å². The fraction of sp³-hybridized carbons (Fsp3) is 0.348. The van der Waals surface area contributed by atoms with Crippen molar-refractivity contribution < 1.29 is 19.5 Å². The smallest absolute Gasteiger partial charge is 0.326 e. The molecule has 9 N–H and O–H groups in total. The summed E-state index contributed by atoms with van der Waals surface area (Å²) in [6.07, 6.45) is 2.61. The van der Waals surface area contributed by atoms with Crippen molar-refractivity contribution in [1.29, 1.82) is 0 Å². The van der Waals surface area contributed by atoms with Crippen LogP contribution in [0.15, 0.2) is 48.5 Å². The van der Waals surface area contributed by atoms with Crippen LogP contribution in [0.5, 0.6) is 0 Å². The molecule has 2 atom stereocenters. The summed E-state index contributed by atoms with van der Waals surface area (Å²) in [7, 11) is 0. The predicted octanol–water partition coefficient (Wildman–Crippen LogP) is 1.48. The van der Waals surface area contributed by atoms with Gasteiger partial charge in [0.2, 0.25) is 5.91 Å². The Morgan fingerprint density at radius 1 is 1.00 bits per heavy atom. The number of nitrogens with one attached hydrogen (secondary N) is 2. The molecule has 32 heavy (non-hydrogen) atoms. The molecule has 2 amide bonds. The Bertz CT molecular complexity index is 920. The van der Waals surface area contributed by atoms with Gasteiger partial charge in [0.1, 0.15) is 6.04 Å². The van der Waals surface area contributed by atoms with Crippen molar-refractivity contribution in [2.75, 3.05) is 17.6 Å². The van der Waals surface area contributed by atoms with Gasteiger partial charge in [0, 0.05) is 5.56 Å². The molecule has 0 heterocycles. The van der Waals surface area contributed by atoms with Gasteiger partial charge in [0.25, 0.3) is 5.91 Å². The molecule has 0 aromatic heterocycles. The van der Waals surface area contributed by atoms with E-state index in [1.807, 2.05) is 30.3 Å². The zero-order valence-electron chi connectivity index (χ0n) is 17.9. The largest absolute Gasteiger partial charge is 0.480 e. The summed E-state index contributed by atoms with van der Waals surface area (Å²) in [4.78, 5) is 36.5. The van der Waals surface area contributed by atoms with E-state index in [-0.39, 0.29) is 23.4 Å². The summed E-state index contributed by atoms with van der Waals surface area (Å²) >= 11 is 0. The molecule has 0 fully saturated rings. The topological polar surface area (TPSA) is 174 Å². The predicted molar refractivity (Wildman–Crippen MR) is 124 cm³/mol. The van der Waals surface area contributed by atoms with E-state index in [9.17, 15) is 19.5 Å². The number of carbonyl (C=O) groups is 3. The lowest BCUT2D eigenvalue weighted by atomic mass is 10.0. The Kier molecular flexibility index (Phi) is 9.65. The molecule has 0 radical (unpaired) electrons. The zero-order valence-corrected chi connectivity index (χ0v) is 17.9. The number of carboxylic acids is 1. The summed E-state index contributed by atoms with van der Waals surface area (Å²) in [5.74, 6) is -2.12. The van der Waals surface area contributed by atoms with Gasteiger partial charge < -0.3 is 32.9 Å². The van der Waals surface area contributed by atoms with E-state index >= 15 is 0 Å². The maximum atomic E-state index is 12.6. The van der Waals surface area contributed by atoms with Gasteiger partial charge in [-0.1, -0.05) is 30.3 Å². The first kappa shape index (κ1) is 24.8. The summed E-state index contributed by atoms with van der Waals surface area (Å²) < 4.78 is 0. The Morgan fingerprint density at radius 3 is 2.38 bits per heavy atom. The van der Waals surface area contributed by atoms with E-state index < -0.39 is 29.9 Å². The lowest BCUT2D eigenvalue weighted by Gasteiger charge is -2.16. The van der Waals surface area contributed by atoms with E-state index in [1.54, 1.807) is 0 Å². The van der Waals surface area contributed by atoms with E-state index in [2.05, 4.69) is 10.6 Å². The number of unbranched alkanes of at least 4 members (excludes halogenated alkanes) is 1. The Balaban J connectivity index is 2.00. The fourth-order valence-electron chi connectivity index (χ4n) is 3.12. The number of rotatable bonds is 12. The van der Waals surface area contributed by atoms with E-state index in [0.29, 0.717) is 32.2 Å². The molecule has 172 valence electrons. The molecule has 2 aromatic rings. The van der Waals surface area contributed by atoms with Gasteiger partial charge in [-0.05, 0) is 62.4 Å². The minimum absolute atomic E-state index is 0.178. The summed E-state index contributed by atoms with van der Waals surface area (Å²) in [5.41, 5.74) is 19.2. The Hall–Kier alpha value is -3.43. The van der Waals surface area contributed by atoms with Gasteiger partial charge in [-0.15, -0.1) is 0 Å². The SMILES string of the molecule is NCCCCC(NC(=O)c1ccc(N)c(NC(=O)C(N)CCc2ccccc2)c1)C(=O)O. The number of nitrogen functional groups attached to an aromatic ring is 1. The molecule has 2 rings (SSSR count). The third-order valence-electron chi connectivity index (χ3n) is 5.05. The first-order chi connectivity index (χ1) is 15.3. The molecule has 0 spiro atoms. The lowest BCUT2D eigenvalue weighted by molar-refractivity contribution is -0.139. The number of aryl methyl sites for hydroxylation is 1. The van der Waals surface area contributed by atoms with Gasteiger partial charge in [-0.25, -0.2) is 4.79 Å². The number of amides is 2. The number of nitrogens with two attached hydrogens (primary N) is 3. The van der Waals surface area contributed by atoms with Crippen LogP contribution in [0.2, 0.25) is 0 Å². The van der Waals surface area contributed by atoms with Crippen LogP contribution in [0, 0.1) is 0 Å². The number of carbonyl (C=O) groups excluding carboxylic acids is 2. The fourth-order valence-corrected chi connectivity index (χ4v) is 3.12. The van der Waals surface area contributed by atoms with Gasteiger partial charge in [0.15, 0.2) is 0 Å². The van der Waals surface area contributed by atoms with Gasteiger partial charge in [-0.2, -0.15) is 0 Å². The van der Waals surface area contributed by atoms with Crippen molar-refractivity contribution in [3.8, 4) is 0 Å². The summed E-state index contributed by atoms with van der Waals surface area (Å²) in [6, 6.07) is 12.2. The molecular weight excluding hydrogens is 410 g/mol. The van der Waals surface area contributed by atoms with Crippen LogP contribution in [0.1, 0.15) is 41.6 Å². The maximum absolute atomic E-state index is 12.6. The van der Waals surface area contributed by atoms with Crippen LogP contribution in [0.3, 0.4) is 0 Å². The normalized spacial score (nSPS) is 12.6. The Labute approximate surface area is 187 Å². The zero-order chi connectivity index (χ0) is 23.5. The van der Waals surface area contributed by atoms with Gasteiger partial charge >= 0.3 is 5.97 Å². The number of hydrogen-bond acceptors (Lipinski definition) is 6. The average Bonchev–Trinajstić information content (AvgIpc) is 2.78. The second-order valence-corrected chi connectivity index (χ2v) is 7.57. The molecule has 0 saturated heterocycles. The molecule has 0 aliphatic heterocycles. The third-order valence-corrected chi connectivity index (χ3v) is 5.05. The Morgan fingerprint density at radius 2 is 1.72 bits per heavy atom. The van der Waals surface area contributed by atoms with Crippen LogP contribution in [0.4, 0.5) is 11.4 Å². The van der Waals surface area contributed by atoms with Crippen molar-refractivity contribution in [2.45, 2.75) is 44.2 Å². The molecule has 9 nitrogen and oxygen atoms in total. The van der Waals surface area contributed by atoms with E-state index in [1.165, 1.54) is 18.2 Å². The maximum Gasteiger partial charge on any atom is 0.326 e. The number of anilines is 2. The molecule has 0 aliphatic carbocycles. The van der Waals surface area contributed by atoms with Crippen LogP contribution in [-0.2, 0) is 16.0 Å². The molecule has 2 aromatic carbocycles. The highest BCUT2D eigenvalue weighted by atomic mass is 16.4. The molecular formula is C23H31N5O4. The van der Waals surface area contributed by atoms with Crippen LogP contribution >= 0.6 is 0 Å². The first-order valence-corrected chi connectivity index (χ1v) is 10.6. The second kappa shape index (κ2) is 12.4. The summed E-state index contributed by atoms with van der Waals surface area (Å²) in [6.45, 7) is 0.453. The number of carboxylic acid groups (broad SMARTS) is 1. The highest BCUT2D eigenvalue weighted by Gasteiger charge is 2.21. The first-order valence-electron chi connectivity index (χ1n) is 10.6. The van der Waals surface area contributed by atoms with Crippen molar-refractivity contribution in [2.24, 2.45) is 11.5 Å². The third kappa shape index (κ3) is 7.68. The molecule has 2 unspecified atom stereocenters. The van der Waals surface area contributed by atoms with Crippen molar-refractivity contribution in [1.82, 2.24) is 5.32 Å². The quantitative estimate of drug-likeness (QED) is 0.214. The van der Waals surface area contributed by atoms with Crippen LogP contribution < -0.4 is 27.8 Å². The number of aliphatic carboxylic acids is 1. The molecule has 9 heteroatoms. The van der Waals surface area contributed by atoms with Crippen molar-refractivity contribution >= 4 is 29.2 Å². The minimum atomic E-state index is -1.12. The molecule has 0 aliphatic rings. The van der Waals surface area contributed by atoms with E-state index in [0.717, 1.165) is 5.56 Å². The average molecular weight is 442 g/mol. The lowest BCUT2D eigenvalue weighted by Crippen LogP contribution is -2.41. The monoisotopic (exact) mass is 441 g/mol. The standard InChI is InChI=1S/C23H31N5O4/c24-13-5-4-8-19(23(31)32)27-21(29)16-10-12-17(25)20(14-16)28-22(30)18(26)11-9-15-6-2-1-3-7-15/h1-3,6-7,10,12,14,18-19H,4-5,8-9,11,13,24-26H2,(H,27,29)(H,28,30)(H,31,32). The van der Waals surface area contributed by atoms with Crippen molar-refractivity contribution in [3.63, 3.8) is 0 Å². The van der Waals surface area contributed by atoms with Crippen LogP contribution in [-0.4, -0.2) is 41.5 Å². The van der Waals surface area contributed by atoms with Gasteiger partial charge in [-0.3, -0.25) is 9.59 Å². The highest BCUT2D eigenvalue weighted by Crippen LogP contribution is 2.21. The van der Waals surface area contributed by atoms with Crippen molar-refractivity contribution in [3.05, 3.63) is 59.7 Å².